The fraction of sp³-hybridized carbons (Fsp3) is 0.176. The van der Waals surface area contributed by atoms with Crippen LogP contribution in [0.15, 0.2) is 57.6 Å². The molecular formula is C17H17BrN3OS+. The predicted molar refractivity (Wildman–Crippen MR) is 97.8 cm³/mol. The fourth-order valence-electron chi connectivity index (χ4n) is 2.56. The van der Waals surface area contributed by atoms with E-state index in [1.807, 2.05) is 24.3 Å². The highest BCUT2D eigenvalue weighted by atomic mass is 79.9. The quantitative estimate of drug-likeness (QED) is 0.635. The van der Waals surface area contributed by atoms with Crippen molar-refractivity contribution in [1.29, 1.82) is 0 Å². The highest BCUT2D eigenvalue weighted by Crippen LogP contribution is 2.21. The molecule has 0 aliphatic rings. The van der Waals surface area contributed by atoms with E-state index in [4.69, 9.17) is 0 Å². The summed E-state index contributed by atoms with van der Waals surface area (Å²) >= 11 is 5.22. The largest absolute Gasteiger partial charge is 0.321 e. The van der Waals surface area contributed by atoms with Crippen molar-refractivity contribution in [1.82, 2.24) is 9.97 Å². The van der Waals surface area contributed by atoms with Gasteiger partial charge >= 0.3 is 0 Å². The molecule has 0 radical (unpaired) electrons. The monoisotopic (exact) mass is 390 g/mol. The first kappa shape index (κ1) is 16.1. The number of H-pyrrole nitrogens is 1. The van der Waals surface area contributed by atoms with Crippen LogP contribution in [0.1, 0.15) is 10.7 Å². The van der Waals surface area contributed by atoms with E-state index >= 15 is 0 Å². The number of benzene rings is 1. The van der Waals surface area contributed by atoms with Gasteiger partial charge in [-0.05, 0) is 46.3 Å². The Morgan fingerprint density at radius 1 is 1.26 bits per heavy atom. The number of para-hydroxylation sites is 1. The Labute approximate surface area is 146 Å². The Bertz CT molecular complexity index is 887. The standard InChI is InChI=1S/C17H16BrN3OS/c1-2-9-21(10-12-7-8-15(18)23-12)11-16-19-14-6-4-3-5-13(14)17(22)20-16/h2-8H,1,9-11H2,(H,19,20,22)/p+1. The number of nitrogens with one attached hydrogen (secondary N) is 2. The second-order valence-corrected chi connectivity index (χ2v) is 7.88. The summed E-state index contributed by atoms with van der Waals surface area (Å²) in [5, 5.41) is 0.628. The summed E-state index contributed by atoms with van der Waals surface area (Å²) in [7, 11) is 0. The van der Waals surface area contributed by atoms with Gasteiger partial charge in [0.05, 0.1) is 26.1 Å². The third-order valence-electron chi connectivity index (χ3n) is 3.57. The Hall–Kier alpha value is -1.76. The highest BCUT2D eigenvalue weighted by molar-refractivity contribution is 9.11. The van der Waals surface area contributed by atoms with Gasteiger partial charge in [0.15, 0.2) is 5.82 Å². The van der Waals surface area contributed by atoms with Crippen molar-refractivity contribution >= 4 is 38.2 Å². The lowest BCUT2D eigenvalue weighted by Gasteiger charge is -2.16. The maximum Gasteiger partial charge on any atom is 0.258 e. The minimum absolute atomic E-state index is 0.0811. The third kappa shape index (κ3) is 3.96. The van der Waals surface area contributed by atoms with Crippen LogP contribution in [0.3, 0.4) is 0 Å². The molecule has 2 heterocycles. The number of aromatic nitrogens is 2. The minimum Gasteiger partial charge on any atom is -0.321 e. The van der Waals surface area contributed by atoms with Gasteiger partial charge in [0.2, 0.25) is 0 Å². The molecule has 2 N–H and O–H groups in total. The number of nitrogens with zero attached hydrogens (tertiary/aromatic N) is 1. The first-order valence-corrected chi connectivity index (χ1v) is 8.93. The fourth-order valence-corrected chi connectivity index (χ4v) is 4.11. The summed E-state index contributed by atoms with van der Waals surface area (Å²) in [6, 6.07) is 11.6. The summed E-state index contributed by atoms with van der Waals surface area (Å²) in [5.74, 6) is 0.709. The van der Waals surface area contributed by atoms with Crippen molar-refractivity contribution in [2.24, 2.45) is 0 Å². The number of halogens is 1. The van der Waals surface area contributed by atoms with Gasteiger partial charge in [0, 0.05) is 0 Å². The lowest BCUT2D eigenvalue weighted by Crippen LogP contribution is -3.09. The zero-order valence-electron chi connectivity index (χ0n) is 12.5. The Kier molecular flexibility index (Phi) is 5.05. The van der Waals surface area contributed by atoms with Crippen LogP contribution >= 0.6 is 27.3 Å². The van der Waals surface area contributed by atoms with Gasteiger partial charge in [-0.3, -0.25) is 4.79 Å². The normalized spacial score (nSPS) is 12.4. The van der Waals surface area contributed by atoms with Gasteiger partial charge in [0.1, 0.15) is 13.1 Å². The lowest BCUT2D eigenvalue weighted by atomic mass is 10.2. The maximum absolute atomic E-state index is 12.2. The van der Waals surface area contributed by atoms with Crippen LogP contribution in [0.4, 0.5) is 0 Å². The van der Waals surface area contributed by atoms with E-state index in [1.54, 1.807) is 17.4 Å². The number of thiophene rings is 1. The first-order chi connectivity index (χ1) is 11.2. The van der Waals surface area contributed by atoms with Gasteiger partial charge in [0.25, 0.3) is 5.56 Å². The zero-order valence-corrected chi connectivity index (χ0v) is 14.9. The average molecular weight is 391 g/mol. The van der Waals surface area contributed by atoms with E-state index in [0.29, 0.717) is 17.8 Å². The van der Waals surface area contributed by atoms with Crippen molar-refractivity contribution in [3.8, 4) is 0 Å². The van der Waals surface area contributed by atoms with E-state index in [0.717, 1.165) is 22.4 Å². The summed E-state index contributed by atoms with van der Waals surface area (Å²) < 4.78 is 1.13. The predicted octanol–water partition coefficient (Wildman–Crippen LogP) is 2.52. The smallest absolute Gasteiger partial charge is 0.258 e. The van der Waals surface area contributed by atoms with Crippen LogP contribution in [0, 0.1) is 0 Å². The Balaban J connectivity index is 1.84. The summed E-state index contributed by atoms with van der Waals surface area (Å²) in [6.07, 6.45) is 1.90. The van der Waals surface area contributed by atoms with E-state index in [-0.39, 0.29) is 5.56 Å². The molecule has 4 nitrogen and oxygen atoms in total. The second kappa shape index (κ2) is 7.21. The zero-order chi connectivity index (χ0) is 16.2. The van der Waals surface area contributed by atoms with Crippen LogP contribution in [0.2, 0.25) is 0 Å². The van der Waals surface area contributed by atoms with Crippen LogP contribution < -0.4 is 10.5 Å². The molecular weight excluding hydrogens is 374 g/mol. The van der Waals surface area contributed by atoms with Crippen molar-refractivity contribution in [3.63, 3.8) is 0 Å². The minimum atomic E-state index is -0.0811. The third-order valence-corrected chi connectivity index (χ3v) is 5.19. The molecule has 1 unspecified atom stereocenters. The van der Waals surface area contributed by atoms with E-state index in [9.17, 15) is 4.79 Å². The van der Waals surface area contributed by atoms with Crippen molar-refractivity contribution in [3.05, 3.63) is 73.9 Å². The molecule has 3 rings (SSSR count). The van der Waals surface area contributed by atoms with E-state index < -0.39 is 0 Å². The number of aromatic amines is 1. The average Bonchev–Trinajstić information content (AvgIpc) is 2.93. The van der Waals surface area contributed by atoms with E-state index in [1.165, 1.54) is 9.78 Å². The molecule has 3 aromatic rings. The number of hydrogen-bond donors (Lipinski definition) is 2. The molecule has 1 aromatic carbocycles. The SMILES string of the molecule is C=CC[NH+](Cc1nc2ccccc2c(=O)[nH]1)Cc1ccc(Br)s1. The van der Waals surface area contributed by atoms with Gasteiger partial charge in [-0.25, -0.2) is 4.98 Å². The summed E-state index contributed by atoms with van der Waals surface area (Å²) in [4.78, 5) is 22.2. The van der Waals surface area contributed by atoms with Crippen LogP contribution in [0.25, 0.3) is 10.9 Å². The van der Waals surface area contributed by atoms with Crippen LogP contribution in [-0.4, -0.2) is 16.5 Å². The van der Waals surface area contributed by atoms with Crippen LogP contribution in [-0.2, 0) is 13.1 Å². The van der Waals surface area contributed by atoms with Gasteiger partial charge in [-0.15, -0.1) is 11.3 Å². The van der Waals surface area contributed by atoms with E-state index in [2.05, 4.69) is 44.6 Å². The van der Waals surface area contributed by atoms with Gasteiger partial charge in [-0.1, -0.05) is 18.7 Å². The lowest BCUT2D eigenvalue weighted by molar-refractivity contribution is -0.922. The molecule has 0 aliphatic heterocycles. The topological polar surface area (TPSA) is 50.2 Å². The molecule has 0 aliphatic carbocycles. The molecule has 0 bridgehead atoms. The van der Waals surface area contributed by atoms with Crippen molar-refractivity contribution in [2.75, 3.05) is 6.54 Å². The first-order valence-electron chi connectivity index (χ1n) is 7.32. The van der Waals surface area contributed by atoms with Crippen molar-refractivity contribution in [2.45, 2.75) is 13.1 Å². The summed E-state index contributed by atoms with van der Waals surface area (Å²) in [6.45, 7) is 6.18. The Morgan fingerprint density at radius 3 is 2.83 bits per heavy atom. The molecule has 2 aromatic heterocycles. The molecule has 0 spiro atoms. The highest BCUT2D eigenvalue weighted by Gasteiger charge is 2.13. The summed E-state index contributed by atoms with van der Waals surface area (Å²) in [5.41, 5.74) is 0.658. The molecule has 118 valence electrons. The Morgan fingerprint density at radius 2 is 2.09 bits per heavy atom. The van der Waals surface area contributed by atoms with Crippen LogP contribution in [0.5, 0.6) is 0 Å². The molecule has 23 heavy (non-hydrogen) atoms. The van der Waals surface area contributed by atoms with Gasteiger partial charge in [-0.2, -0.15) is 0 Å². The molecule has 0 amide bonds. The number of rotatable bonds is 6. The number of fused-ring (bicyclic) bond motifs is 1. The molecule has 0 saturated heterocycles. The number of hydrogen-bond acceptors (Lipinski definition) is 3. The molecule has 0 saturated carbocycles. The molecule has 1 atom stereocenters. The van der Waals surface area contributed by atoms with Gasteiger partial charge < -0.3 is 9.88 Å². The van der Waals surface area contributed by atoms with Crippen molar-refractivity contribution < 1.29 is 4.90 Å². The second-order valence-electron chi connectivity index (χ2n) is 5.33. The number of quaternary nitrogens is 1. The molecule has 0 fully saturated rings. The maximum atomic E-state index is 12.2. The molecule has 6 heteroatoms.